The lowest BCUT2D eigenvalue weighted by Gasteiger charge is -2.39. The predicted octanol–water partition coefficient (Wildman–Crippen LogP) is 5.18. The van der Waals surface area contributed by atoms with Crippen molar-refractivity contribution in [2.45, 2.75) is 48.9 Å². The molecule has 134 valence electrons. The summed E-state index contributed by atoms with van der Waals surface area (Å²) in [6.07, 6.45) is -9.39. The minimum absolute atomic E-state index is 1.48. The van der Waals surface area contributed by atoms with E-state index >= 15 is 0 Å². The van der Waals surface area contributed by atoms with E-state index in [2.05, 4.69) is 0 Å². The van der Waals surface area contributed by atoms with Crippen molar-refractivity contribution in [3.05, 3.63) is 0 Å². The van der Waals surface area contributed by atoms with Crippen LogP contribution in [0, 0.1) is 0 Å². The van der Waals surface area contributed by atoms with Crippen molar-refractivity contribution < 1.29 is 57.1 Å². The van der Waals surface area contributed by atoms with Crippen molar-refractivity contribution in [1.82, 2.24) is 0 Å². The molecule has 0 rings (SSSR count). The Morgan fingerprint density at radius 2 is 1.05 bits per heavy atom. The van der Waals surface area contributed by atoms with Gasteiger partial charge in [0, 0.05) is 6.42 Å². The van der Waals surface area contributed by atoms with Crippen LogP contribution in [0.2, 0.25) is 0 Å². The molecule has 0 fully saturated rings. The van der Waals surface area contributed by atoms with E-state index < -0.39 is 55.6 Å². The molecule has 0 amide bonds. The van der Waals surface area contributed by atoms with Gasteiger partial charge in [-0.2, -0.15) is 43.9 Å². The maximum absolute atomic E-state index is 12.9. The van der Waals surface area contributed by atoms with Crippen molar-refractivity contribution >= 4 is 0 Å². The van der Waals surface area contributed by atoms with Crippen LogP contribution >= 0.6 is 0 Å². The number of alkyl halides is 13. The molecule has 0 nitrogen and oxygen atoms in total. The highest BCUT2D eigenvalue weighted by atomic mass is 19.4. The van der Waals surface area contributed by atoms with E-state index in [0.29, 0.717) is 0 Å². The Balaban J connectivity index is 5.88. The van der Waals surface area contributed by atoms with E-state index in [0.717, 1.165) is 0 Å². The zero-order valence-electron chi connectivity index (χ0n) is 10.1. The van der Waals surface area contributed by atoms with Gasteiger partial charge in [-0.1, -0.05) is 0 Å². The molecule has 0 bridgehead atoms. The van der Waals surface area contributed by atoms with Crippen molar-refractivity contribution in [2.24, 2.45) is 0 Å². The zero-order chi connectivity index (χ0) is 18.2. The van der Waals surface area contributed by atoms with Gasteiger partial charge in [-0.15, -0.1) is 0 Å². The molecule has 0 spiro atoms. The molecule has 0 aromatic heterocycles. The molecule has 0 aliphatic heterocycles. The molecular weight excluding hydrogens is 355 g/mol. The number of halogens is 13. The third-order valence-corrected chi connectivity index (χ3v) is 2.57. The molecule has 22 heavy (non-hydrogen) atoms. The van der Waals surface area contributed by atoms with Crippen LogP contribution in [0.3, 0.4) is 0 Å². The Labute approximate surface area is 114 Å². The van der Waals surface area contributed by atoms with E-state index in [-0.39, 0.29) is 0 Å². The standard InChI is InChI=1S/C9H7F13/c10-3-1-2-5(13,14)7(17,18)9(21,22)8(19,20)6(15,16)4(11)12/h4H,1-3H2. The van der Waals surface area contributed by atoms with Gasteiger partial charge in [0.15, 0.2) is 0 Å². The van der Waals surface area contributed by atoms with Gasteiger partial charge in [-0.3, -0.25) is 4.39 Å². The monoisotopic (exact) mass is 362 g/mol. The molecule has 0 unspecified atom stereocenters. The summed E-state index contributed by atoms with van der Waals surface area (Å²) in [5.41, 5.74) is 0. The fourth-order valence-electron chi connectivity index (χ4n) is 1.22. The number of hydrogen-bond donors (Lipinski definition) is 0. The SMILES string of the molecule is FCCCC(F)(F)C(F)(F)C(F)(F)C(F)(F)C(F)(F)C(F)F. The molecule has 0 N–H and O–H groups in total. The number of rotatable bonds is 8. The first-order chi connectivity index (χ1) is 9.50. The summed E-state index contributed by atoms with van der Waals surface area (Å²) in [6, 6.07) is 0. The maximum Gasteiger partial charge on any atom is 0.384 e. The second-order valence-corrected chi connectivity index (χ2v) is 4.14. The Hall–Kier alpha value is -0.910. The lowest BCUT2D eigenvalue weighted by molar-refractivity contribution is -0.413. The van der Waals surface area contributed by atoms with Crippen LogP contribution in [0.5, 0.6) is 0 Å². The molecule has 0 radical (unpaired) electrons. The van der Waals surface area contributed by atoms with Crippen LogP contribution in [0.15, 0.2) is 0 Å². The second-order valence-electron chi connectivity index (χ2n) is 4.14. The third kappa shape index (κ3) is 2.94. The van der Waals surface area contributed by atoms with Crippen molar-refractivity contribution in [2.75, 3.05) is 6.67 Å². The van der Waals surface area contributed by atoms with Crippen LogP contribution in [-0.2, 0) is 0 Å². The highest BCUT2D eigenvalue weighted by Gasteiger charge is 2.87. The molecule has 0 saturated heterocycles. The minimum Gasteiger partial charge on any atom is -0.251 e. The summed E-state index contributed by atoms with van der Waals surface area (Å²) in [4.78, 5) is 0. The summed E-state index contributed by atoms with van der Waals surface area (Å²) in [6.45, 7) is -1.72. The van der Waals surface area contributed by atoms with E-state index in [9.17, 15) is 57.1 Å². The van der Waals surface area contributed by atoms with Crippen LogP contribution in [0.4, 0.5) is 57.1 Å². The first kappa shape index (κ1) is 21.1. The van der Waals surface area contributed by atoms with Gasteiger partial charge in [0.05, 0.1) is 6.67 Å². The Kier molecular flexibility index (Phi) is 5.70. The third-order valence-electron chi connectivity index (χ3n) is 2.57. The maximum atomic E-state index is 12.9. The molecule has 0 aliphatic rings. The molecule has 0 saturated carbocycles. The second kappa shape index (κ2) is 5.95. The van der Waals surface area contributed by atoms with Crippen molar-refractivity contribution in [3.63, 3.8) is 0 Å². The van der Waals surface area contributed by atoms with Crippen LogP contribution in [0.1, 0.15) is 12.8 Å². The first-order valence-electron chi connectivity index (χ1n) is 5.24. The van der Waals surface area contributed by atoms with Crippen molar-refractivity contribution in [1.29, 1.82) is 0 Å². The lowest BCUT2D eigenvalue weighted by atomic mass is 9.92. The van der Waals surface area contributed by atoms with Gasteiger partial charge >= 0.3 is 36.0 Å². The summed E-state index contributed by atoms with van der Waals surface area (Å²) < 4.78 is 162. The fraction of sp³-hybridized carbons (Fsp3) is 1.00. The Morgan fingerprint density at radius 3 is 1.36 bits per heavy atom. The van der Waals surface area contributed by atoms with E-state index in [1.165, 1.54) is 0 Å². The van der Waals surface area contributed by atoms with Gasteiger partial charge in [-0.25, -0.2) is 8.78 Å². The van der Waals surface area contributed by atoms with Gasteiger partial charge in [0.1, 0.15) is 0 Å². The van der Waals surface area contributed by atoms with Gasteiger partial charge in [0.2, 0.25) is 0 Å². The van der Waals surface area contributed by atoms with Crippen LogP contribution in [-0.4, -0.2) is 42.7 Å². The molecule has 0 atom stereocenters. The normalized spacial score (nSPS) is 15.5. The Bertz CT molecular complexity index is 372. The molecule has 13 heteroatoms. The van der Waals surface area contributed by atoms with Gasteiger partial charge in [-0.05, 0) is 6.42 Å². The first-order valence-corrected chi connectivity index (χ1v) is 5.24. The van der Waals surface area contributed by atoms with Crippen LogP contribution < -0.4 is 0 Å². The summed E-state index contributed by atoms with van der Waals surface area (Å²) in [7, 11) is 0. The highest BCUT2D eigenvalue weighted by Crippen LogP contribution is 2.58. The summed E-state index contributed by atoms with van der Waals surface area (Å²) in [5.74, 6) is -35.2. The van der Waals surface area contributed by atoms with E-state index in [4.69, 9.17) is 0 Å². The molecule has 0 aromatic carbocycles. The average Bonchev–Trinajstić information content (AvgIpc) is 2.35. The molecular formula is C9H7F13. The highest BCUT2D eigenvalue weighted by molar-refractivity contribution is 5.08. The topological polar surface area (TPSA) is 0 Å². The Morgan fingerprint density at radius 1 is 0.636 bits per heavy atom. The fourth-order valence-corrected chi connectivity index (χ4v) is 1.22. The minimum atomic E-state index is -7.53. The van der Waals surface area contributed by atoms with Gasteiger partial charge < -0.3 is 0 Å². The summed E-state index contributed by atoms with van der Waals surface area (Å²) in [5, 5.41) is 0. The molecule has 0 heterocycles. The zero-order valence-corrected chi connectivity index (χ0v) is 10.1. The van der Waals surface area contributed by atoms with Crippen LogP contribution in [0.25, 0.3) is 0 Å². The molecule has 0 aromatic rings. The largest absolute Gasteiger partial charge is 0.384 e. The van der Waals surface area contributed by atoms with E-state index in [1.807, 2.05) is 0 Å². The molecule has 0 aliphatic carbocycles. The van der Waals surface area contributed by atoms with Gasteiger partial charge in [0.25, 0.3) is 0 Å². The summed E-state index contributed by atoms with van der Waals surface area (Å²) >= 11 is 0. The smallest absolute Gasteiger partial charge is 0.251 e. The number of hydrogen-bond acceptors (Lipinski definition) is 0. The predicted molar refractivity (Wildman–Crippen MR) is 45.9 cm³/mol. The lowest BCUT2D eigenvalue weighted by Crippen LogP contribution is -2.68. The quantitative estimate of drug-likeness (QED) is 0.522. The van der Waals surface area contributed by atoms with Crippen molar-refractivity contribution in [3.8, 4) is 0 Å². The average molecular weight is 362 g/mol. The van der Waals surface area contributed by atoms with E-state index in [1.54, 1.807) is 0 Å².